The Kier molecular flexibility index (Phi) is 5.99. The summed E-state index contributed by atoms with van der Waals surface area (Å²) in [5.41, 5.74) is 18.6. The normalized spacial score (nSPS) is 13.0. The van der Waals surface area contributed by atoms with Crippen molar-refractivity contribution in [2.24, 2.45) is 5.73 Å². The molecule has 0 saturated carbocycles. The molecule has 0 unspecified atom stereocenters. The van der Waals surface area contributed by atoms with Crippen LogP contribution in [0.2, 0.25) is 0 Å². The van der Waals surface area contributed by atoms with Crippen molar-refractivity contribution in [2.75, 3.05) is 0 Å². The van der Waals surface area contributed by atoms with Gasteiger partial charge in [-0.1, -0.05) is 91.0 Å². The first-order valence-corrected chi connectivity index (χ1v) is 17.8. The van der Waals surface area contributed by atoms with Gasteiger partial charge in [0.05, 0.1) is 27.8 Å². The summed E-state index contributed by atoms with van der Waals surface area (Å²) in [6.45, 7) is 2.16. The van der Waals surface area contributed by atoms with Crippen LogP contribution in [-0.2, 0) is 0 Å². The predicted octanol–water partition coefficient (Wildman–Crippen LogP) is 12.0. The summed E-state index contributed by atoms with van der Waals surface area (Å²) in [5, 5.41) is 9.76. The molecule has 11 rings (SSSR count). The van der Waals surface area contributed by atoms with E-state index < -0.39 is 0 Å². The highest BCUT2D eigenvalue weighted by Gasteiger charge is 2.24. The minimum Gasteiger partial charge on any atom is -0.405 e. The molecule has 0 bridgehead atoms. The van der Waals surface area contributed by atoms with Gasteiger partial charge in [0.15, 0.2) is 0 Å². The summed E-state index contributed by atoms with van der Waals surface area (Å²) in [5.74, 6) is 0.901. The van der Waals surface area contributed by atoms with E-state index in [4.69, 9.17) is 10.7 Å². The maximum Gasteiger partial charge on any atom is 0.138 e. The minimum atomic E-state index is 0.901. The SMILES string of the molecule is CC1=C(/C=C\N)c2nc(-n3c4ccccc4c4cc(-c5ccc6c(c5)c5cc7ccccc7cc5n6-c5ccccc5)ccc43)cc3cccc1c23. The second-order valence-corrected chi connectivity index (χ2v) is 13.8. The number of para-hydroxylation sites is 2. The van der Waals surface area contributed by atoms with E-state index in [1.165, 1.54) is 76.4 Å². The Bertz CT molecular complexity index is 3190. The van der Waals surface area contributed by atoms with Gasteiger partial charge in [-0.25, -0.2) is 4.98 Å². The lowest BCUT2D eigenvalue weighted by molar-refractivity contribution is 1.08. The lowest BCUT2D eigenvalue weighted by Gasteiger charge is -2.11. The fourth-order valence-electron chi connectivity index (χ4n) is 8.68. The van der Waals surface area contributed by atoms with Gasteiger partial charge in [0.2, 0.25) is 0 Å². The molecule has 244 valence electrons. The Labute approximate surface area is 300 Å². The van der Waals surface area contributed by atoms with E-state index in [9.17, 15) is 0 Å². The maximum atomic E-state index is 5.94. The number of aromatic nitrogens is 3. The van der Waals surface area contributed by atoms with Gasteiger partial charge in [0, 0.05) is 38.2 Å². The third-order valence-corrected chi connectivity index (χ3v) is 11.1. The van der Waals surface area contributed by atoms with Crippen LogP contribution < -0.4 is 5.73 Å². The van der Waals surface area contributed by atoms with Gasteiger partial charge in [-0.15, -0.1) is 0 Å². The van der Waals surface area contributed by atoms with Crippen LogP contribution in [-0.4, -0.2) is 14.1 Å². The Hall–Kier alpha value is -6.91. The van der Waals surface area contributed by atoms with Gasteiger partial charge in [0.1, 0.15) is 5.82 Å². The molecular formula is C48H32N4. The third-order valence-electron chi connectivity index (χ3n) is 11.1. The van der Waals surface area contributed by atoms with E-state index in [0.29, 0.717) is 0 Å². The zero-order valence-corrected chi connectivity index (χ0v) is 28.5. The van der Waals surface area contributed by atoms with E-state index in [1.54, 1.807) is 6.20 Å². The Morgan fingerprint density at radius 2 is 1.15 bits per heavy atom. The molecule has 4 heteroatoms. The van der Waals surface area contributed by atoms with Crippen LogP contribution in [0, 0.1) is 0 Å². The number of benzene rings is 7. The summed E-state index contributed by atoms with van der Waals surface area (Å²) >= 11 is 0. The fraction of sp³-hybridized carbons (Fsp3) is 0.0208. The molecule has 7 aromatic carbocycles. The van der Waals surface area contributed by atoms with Crippen molar-refractivity contribution < 1.29 is 0 Å². The summed E-state index contributed by atoms with van der Waals surface area (Å²) < 4.78 is 4.71. The van der Waals surface area contributed by atoms with Crippen molar-refractivity contribution in [2.45, 2.75) is 6.92 Å². The molecule has 0 atom stereocenters. The van der Waals surface area contributed by atoms with Crippen LogP contribution >= 0.6 is 0 Å². The first-order valence-electron chi connectivity index (χ1n) is 17.8. The van der Waals surface area contributed by atoms with Crippen molar-refractivity contribution in [3.05, 3.63) is 175 Å². The summed E-state index contributed by atoms with van der Waals surface area (Å²) in [6.07, 6.45) is 3.60. The molecule has 1 aliphatic rings. The maximum absolute atomic E-state index is 5.94. The number of nitrogens with two attached hydrogens (primary N) is 1. The fourth-order valence-corrected chi connectivity index (χ4v) is 8.68. The monoisotopic (exact) mass is 664 g/mol. The average molecular weight is 665 g/mol. The molecule has 10 aromatic rings. The molecule has 0 aliphatic heterocycles. The average Bonchev–Trinajstić information content (AvgIpc) is 3.79. The van der Waals surface area contributed by atoms with Gasteiger partial charge >= 0.3 is 0 Å². The number of nitrogens with zero attached hydrogens (tertiary/aromatic N) is 3. The quantitative estimate of drug-likeness (QED) is 0.204. The molecule has 0 radical (unpaired) electrons. The standard InChI is InChI=1S/C48H32N4/c1-29-36-16-9-12-34-28-46(50-48(47(34)36)37(29)22-23-49)52-42-17-8-7-15-38(42)39-25-32(19-21-44(39)52)33-18-20-43-40(26-33)41-24-30-10-5-6-11-31(30)27-45(41)51(43)35-13-3-2-4-14-35/h2-28H,49H2,1H3/b23-22-. The van der Waals surface area contributed by atoms with Gasteiger partial charge < -0.3 is 10.3 Å². The zero-order chi connectivity index (χ0) is 34.5. The molecule has 3 heterocycles. The van der Waals surface area contributed by atoms with Crippen LogP contribution in [0.3, 0.4) is 0 Å². The van der Waals surface area contributed by atoms with Gasteiger partial charge in [-0.05, 0) is 118 Å². The van der Waals surface area contributed by atoms with Crippen LogP contribution in [0.15, 0.2) is 164 Å². The molecule has 0 saturated heterocycles. The molecule has 1 aliphatic carbocycles. The highest BCUT2D eigenvalue weighted by molar-refractivity contribution is 6.17. The van der Waals surface area contributed by atoms with Gasteiger partial charge in [-0.3, -0.25) is 4.57 Å². The first-order chi connectivity index (χ1) is 25.7. The van der Waals surface area contributed by atoms with Crippen molar-refractivity contribution in [3.8, 4) is 22.6 Å². The first kappa shape index (κ1) is 28.9. The van der Waals surface area contributed by atoms with E-state index in [0.717, 1.165) is 33.8 Å². The lowest BCUT2D eigenvalue weighted by Crippen LogP contribution is -2.00. The predicted molar refractivity (Wildman–Crippen MR) is 219 cm³/mol. The lowest BCUT2D eigenvalue weighted by atomic mass is 10.00. The second kappa shape index (κ2) is 10.8. The van der Waals surface area contributed by atoms with Crippen molar-refractivity contribution >= 4 is 76.3 Å². The van der Waals surface area contributed by atoms with Gasteiger partial charge in [-0.2, -0.15) is 0 Å². The highest BCUT2D eigenvalue weighted by Crippen LogP contribution is 2.44. The van der Waals surface area contributed by atoms with E-state index in [1.807, 2.05) is 6.08 Å². The molecule has 2 N–H and O–H groups in total. The van der Waals surface area contributed by atoms with Crippen LogP contribution in [0.4, 0.5) is 0 Å². The van der Waals surface area contributed by atoms with Crippen molar-refractivity contribution in [3.63, 3.8) is 0 Å². The van der Waals surface area contributed by atoms with Crippen LogP contribution in [0.5, 0.6) is 0 Å². The van der Waals surface area contributed by atoms with E-state index in [2.05, 4.69) is 168 Å². The number of pyridine rings is 1. The third kappa shape index (κ3) is 4.00. The molecule has 52 heavy (non-hydrogen) atoms. The number of hydrogen-bond donors (Lipinski definition) is 1. The Balaban J connectivity index is 1.13. The highest BCUT2D eigenvalue weighted by atomic mass is 15.1. The number of rotatable bonds is 4. The van der Waals surface area contributed by atoms with Crippen LogP contribution in [0.1, 0.15) is 18.2 Å². The number of allylic oxidation sites excluding steroid dienone is 3. The molecule has 4 nitrogen and oxygen atoms in total. The summed E-state index contributed by atoms with van der Waals surface area (Å²) in [6, 6.07) is 55.2. The number of fused-ring (bicyclic) bond motifs is 7. The van der Waals surface area contributed by atoms with Crippen molar-refractivity contribution in [1.82, 2.24) is 14.1 Å². The molecule has 0 fully saturated rings. The molecule has 0 amide bonds. The number of hydrogen-bond acceptors (Lipinski definition) is 2. The van der Waals surface area contributed by atoms with E-state index >= 15 is 0 Å². The Morgan fingerprint density at radius 1 is 0.519 bits per heavy atom. The molecular weight excluding hydrogens is 633 g/mol. The zero-order valence-electron chi connectivity index (χ0n) is 28.5. The van der Waals surface area contributed by atoms with Gasteiger partial charge in [0.25, 0.3) is 0 Å². The smallest absolute Gasteiger partial charge is 0.138 e. The largest absolute Gasteiger partial charge is 0.405 e. The molecule has 0 spiro atoms. The Morgan fingerprint density at radius 3 is 1.94 bits per heavy atom. The van der Waals surface area contributed by atoms with E-state index in [-0.39, 0.29) is 0 Å². The topological polar surface area (TPSA) is 48.8 Å². The van der Waals surface area contributed by atoms with Crippen molar-refractivity contribution in [1.29, 1.82) is 0 Å². The second-order valence-electron chi connectivity index (χ2n) is 13.8. The summed E-state index contributed by atoms with van der Waals surface area (Å²) in [4.78, 5) is 5.35. The summed E-state index contributed by atoms with van der Waals surface area (Å²) in [7, 11) is 0. The van der Waals surface area contributed by atoms with Crippen LogP contribution in [0.25, 0.3) is 98.9 Å². The molecule has 3 aromatic heterocycles. The minimum absolute atomic E-state index is 0.901.